The fourth-order valence-corrected chi connectivity index (χ4v) is 5.44. The number of anilines is 2. The topological polar surface area (TPSA) is 50.2 Å². The zero-order chi connectivity index (χ0) is 20.7. The molecule has 0 saturated carbocycles. The summed E-state index contributed by atoms with van der Waals surface area (Å²) in [5.41, 5.74) is 5.75. The number of carbonyl (C=O) groups is 1. The summed E-state index contributed by atoms with van der Waals surface area (Å²) in [6.07, 6.45) is 2.48. The highest BCUT2D eigenvalue weighted by Gasteiger charge is 2.27. The molecule has 30 heavy (non-hydrogen) atoms. The molecule has 3 heterocycles. The lowest BCUT2D eigenvalue weighted by Gasteiger charge is -2.32. The minimum atomic E-state index is -0.147. The van der Waals surface area contributed by atoms with Crippen molar-refractivity contribution < 1.29 is 4.79 Å². The van der Waals surface area contributed by atoms with Gasteiger partial charge < -0.3 is 10.2 Å². The van der Waals surface area contributed by atoms with Crippen LogP contribution in [0.5, 0.6) is 0 Å². The Morgan fingerprint density at radius 1 is 1.10 bits per heavy atom. The number of thioether (sulfide) groups is 1. The lowest BCUT2D eigenvalue weighted by Crippen LogP contribution is -2.32. The number of hydrogen-bond acceptors (Lipinski definition) is 4. The van der Waals surface area contributed by atoms with E-state index in [1.54, 1.807) is 11.8 Å². The Balaban J connectivity index is 1.34. The van der Waals surface area contributed by atoms with Gasteiger partial charge in [-0.2, -0.15) is 5.10 Å². The van der Waals surface area contributed by atoms with E-state index >= 15 is 0 Å². The molecule has 0 atom stereocenters. The second-order valence-corrected chi connectivity index (χ2v) is 9.27. The third kappa shape index (κ3) is 3.49. The molecular weight excluding hydrogens is 392 g/mol. The first-order valence-corrected chi connectivity index (χ1v) is 11.5. The Labute approximate surface area is 181 Å². The monoisotopic (exact) mass is 418 g/mol. The van der Waals surface area contributed by atoms with Crippen molar-refractivity contribution in [1.29, 1.82) is 0 Å². The minimum absolute atomic E-state index is 0.147. The van der Waals surface area contributed by atoms with E-state index < -0.39 is 0 Å². The number of nitrogens with one attached hydrogen (secondary N) is 1. The molecular formula is C24H26N4OS. The van der Waals surface area contributed by atoms with Crippen LogP contribution in [0.15, 0.2) is 53.4 Å². The van der Waals surface area contributed by atoms with Gasteiger partial charge in [0.15, 0.2) is 5.69 Å². The molecule has 3 aromatic rings. The molecule has 6 heteroatoms. The number of aromatic nitrogens is 2. The lowest BCUT2D eigenvalue weighted by atomic mass is 9.99. The molecule has 2 aromatic carbocycles. The smallest absolute Gasteiger partial charge is 0.276 e. The quantitative estimate of drug-likeness (QED) is 0.637. The summed E-state index contributed by atoms with van der Waals surface area (Å²) >= 11 is 1.76. The number of piperidine rings is 1. The molecule has 0 spiro atoms. The zero-order valence-electron chi connectivity index (χ0n) is 17.4. The molecule has 0 bridgehead atoms. The summed E-state index contributed by atoms with van der Waals surface area (Å²) in [5.74, 6) is 1.43. The van der Waals surface area contributed by atoms with Crippen LogP contribution >= 0.6 is 11.8 Å². The standard InChI is InChI=1S/C24H26N4OS/c1-16-11-13-28(14-12-16)18-9-7-17(8-10-18)25-24(29)22-20-15-30-21-6-4-3-5-19(21)23(20)27(2)26-22/h3-10,16H,11-15H2,1-2H3,(H,25,29). The van der Waals surface area contributed by atoms with Gasteiger partial charge in [-0.3, -0.25) is 9.48 Å². The van der Waals surface area contributed by atoms with Gasteiger partial charge in [0.2, 0.25) is 0 Å². The molecule has 1 N–H and O–H groups in total. The number of carbonyl (C=O) groups excluding carboxylic acids is 1. The van der Waals surface area contributed by atoms with E-state index in [4.69, 9.17) is 0 Å². The van der Waals surface area contributed by atoms with Crippen molar-refractivity contribution >= 4 is 29.0 Å². The minimum Gasteiger partial charge on any atom is -0.372 e. The zero-order valence-corrected chi connectivity index (χ0v) is 18.2. The SMILES string of the molecule is CC1CCN(c2ccc(NC(=O)c3nn(C)c4c3CSc3ccccc3-4)cc2)CC1. The average molecular weight is 419 g/mol. The molecule has 2 aliphatic heterocycles. The fourth-order valence-electron chi connectivity index (χ4n) is 4.37. The maximum Gasteiger partial charge on any atom is 0.276 e. The van der Waals surface area contributed by atoms with Crippen LogP contribution in [0, 0.1) is 5.92 Å². The molecule has 0 radical (unpaired) electrons. The number of amides is 1. The Morgan fingerprint density at radius 2 is 1.83 bits per heavy atom. The molecule has 1 saturated heterocycles. The van der Waals surface area contributed by atoms with Crippen molar-refractivity contribution in [3.05, 3.63) is 59.8 Å². The van der Waals surface area contributed by atoms with Crippen LogP contribution < -0.4 is 10.2 Å². The molecule has 5 rings (SSSR count). The third-order valence-corrected chi connectivity index (χ3v) is 7.25. The molecule has 0 unspecified atom stereocenters. The van der Waals surface area contributed by atoms with Gasteiger partial charge in [0, 0.05) is 53.3 Å². The summed E-state index contributed by atoms with van der Waals surface area (Å²) in [7, 11) is 1.91. The predicted molar refractivity (Wildman–Crippen MR) is 123 cm³/mol. The highest BCUT2D eigenvalue weighted by Crippen LogP contribution is 2.42. The van der Waals surface area contributed by atoms with E-state index in [0.717, 1.165) is 47.3 Å². The first-order valence-electron chi connectivity index (χ1n) is 10.5. The van der Waals surface area contributed by atoms with Crippen LogP contribution in [0.2, 0.25) is 0 Å². The normalized spacial score (nSPS) is 16.1. The van der Waals surface area contributed by atoms with Gasteiger partial charge in [0.1, 0.15) is 0 Å². The van der Waals surface area contributed by atoms with E-state index in [1.807, 2.05) is 29.9 Å². The van der Waals surface area contributed by atoms with E-state index in [9.17, 15) is 4.79 Å². The highest BCUT2D eigenvalue weighted by molar-refractivity contribution is 7.98. The summed E-state index contributed by atoms with van der Waals surface area (Å²) in [6, 6.07) is 16.5. The summed E-state index contributed by atoms with van der Waals surface area (Å²) in [4.78, 5) is 16.7. The Kier molecular flexibility index (Phi) is 5.03. The van der Waals surface area contributed by atoms with E-state index in [2.05, 4.69) is 52.6 Å². The summed E-state index contributed by atoms with van der Waals surface area (Å²) in [6.45, 7) is 4.53. The maximum absolute atomic E-state index is 13.0. The third-order valence-electron chi connectivity index (χ3n) is 6.15. The second kappa shape index (κ2) is 7.84. The van der Waals surface area contributed by atoms with Crippen molar-refractivity contribution in [1.82, 2.24) is 9.78 Å². The van der Waals surface area contributed by atoms with Gasteiger partial charge in [0.05, 0.1) is 5.69 Å². The number of fused-ring (bicyclic) bond motifs is 3. The van der Waals surface area contributed by atoms with Gasteiger partial charge in [-0.15, -0.1) is 11.8 Å². The van der Waals surface area contributed by atoms with Crippen LogP contribution in [0.4, 0.5) is 11.4 Å². The fraction of sp³-hybridized carbons (Fsp3) is 0.333. The molecule has 1 amide bonds. The van der Waals surface area contributed by atoms with E-state index in [-0.39, 0.29) is 5.91 Å². The van der Waals surface area contributed by atoms with Crippen LogP contribution in [-0.4, -0.2) is 28.8 Å². The van der Waals surface area contributed by atoms with Gasteiger partial charge in [-0.25, -0.2) is 0 Å². The lowest BCUT2D eigenvalue weighted by molar-refractivity contribution is 0.102. The van der Waals surface area contributed by atoms with Crippen LogP contribution in [0.1, 0.15) is 35.8 Å². The van der Waals surface area contributed by atoms with Gasteiger partial charge in [-0.1, -0.05) is 25.1 Å². The van der Waals surface area contributed by atoms with Crippen LogP contribution in [0.25, 0.3) is 11.3 Å². The number of hydrogen-bond donors (Lipinski definition) is 1. The average Bonchev–Trinajstić information content (AvgIpc) is 3.12. The van der Waals surface area contributed by atoms with Crippen molar-refractivity contribution in [2.24, 2.45) is 13.0 Å². The summed E-state index contributed by atoms with van der Waals surface area (Å²) < 4.78 is 1.84. The molecule has 154 valence electrons. The van der Waals surface area contributed by atoms with Gasteiger partial charge >= 0.3 is 0 Å². The first kappa shape index (κ1) is 19.2. The Morgan fingerprint density at radius 3 is 2.60 bits per heavy atom. The van der Waals surface area contributed by atoms with Crippen molar-refractivity contribution in [2.75, 3.05) is 23.3 Å². The number of benzene rings is 2. The molecule has 1 fully saturated rings. The molecule has 0 aliphatic carbocycles. The van der Waals surface area contributed by atoms with Gasteiger partial charge in [0.25, 0.3) is 5.91 Å². The Bertz CT molecular complexity index is 1080. The van der Waals surface area contributed by atoms with Crippen molar-refractivity contribution in [3.63, 3.8) is 0 Å². The number of aryl methyl sites for hydroxylation is 1. The highest BCUT2D eigenvalue weighted by atomic mass is 32.2. The summed E-state index contributed by atoms with van der Waals surface area (Å²) in [5, 5.41) is 7.61. The van der Waals surface area contributed by atoms with E-state index in [1.165, 1.54) is 23.4 Å². The molecule has 1 aromatic heterocycles. The van der Waals surface area contributed by atoms with Crippen molar-refractivity contribution in [2.45, 2.75) is 30.4 Å². The predicted octanol–water partition coefficient (Wildman–Crippen LogP) is 5.18. The number of nitrogens with zero attached hydrogens (tertiary/aromatic N) is 3. The van der Waals surface area contributed by atoms with Crippen LogP contribution in [0.3, 0.4) is 0 Å². The van der Waals surface area contributed by atoms with E-state index in [0.29, 0.717) is 5.69 Å². The first-order chi connectivity index (χ1) is 14.6. The molecule has 5 nitrogen and oxygen atoms in total. The largest absolute Gasteiger partial charge is 0.372 e. The van der Waals surface area contributed by atoms with Gasteiger partial charge in [-0.05, 0) is 49.1 Å². The van der Waals surface area contributed by atoms with Crippen molar-refractivity contribution in [3.8, 4) is 11.3 Å². The maximum atomic E-state index is 13.0. The molecule has 2 aliphatic rings. The van der Waals surface area contributed by atoms with Crippen LogP contribution in [-0.2, 0) is 12.8 Å². The second-order valence-electron chi connectivity index (χ2n) is 8.25. The Hall–Kier alpha value is -2.73. The number of rotatable bonds is 3.